The molecule has 0 fully saturated rings. The number of halogens is 1. The van der Waals surface area contributed by atoms with Crippen LogP contribution in [0.1, 0.15) is 46.0 Å². The van der Waals surface area contributed by atoms with Crippen molar-refractivity contribution >= 4 is 12.4 Å². The third-order valence-electron chi connectivity index (χ3n) is 1.70. The zero-order valence-electron chi connectivity index (χ0n) is 7.10. The molecule has 0 aromatic rings. The second-order valence-corrected chi connectivity index (χ2v) is 2.66. The Bertz CT molecular complexity index is 57.2. The summed E-state index contributed by atoms with van der Waals surface area (Å²) in [6.07, 6.45) is 6.30. The van der Waals surface area contributed by atoms with Gasteiger partial charge < -0.3 is 5.73 Å². The summed E-state index contributed by atoms with van der Waals surface area (Å²) in [4.78, 5) is 0. The third kappa shape index (κ3) is 8.25. The zero-order chi connectivity index (χ0) is 7.11. The first-order valence-electron chi connectivity index (χ1n) is 4.06. The minimum atomic E-state index is 0. The van der Waals surface area contributed by atoms with Gasteiger partial charge in [-0.15, -0.1) is 12.4 Å². The van der Waals surface area contributed by atoms with E-state index in [1.54, 1.807) is 0 Å². The van der Waals surface area contributed by atoms with Crippen LogP contribution in [-0.2, 0) is 0 Å². The van der Waals surface area contributed by atoms with E-state index in [2.05, 4.69) is 13.8 Å². The molecule has 0 aliphatic rings. The third-order valence-corrected chi connectivity index (χ3v) is 1.70. The number of rotatable bonds is 5. The molecule has 0 aliphatic heterocycles. The fourth-order valence-electron chi connectivity index (χ4n) is 0.861. The maximum atomic E-state index is 5.71. The number of nitrogens with two attached hydrogens (primary N) is 1. The SMILES string of the molecule is CCCCCC(N)CC.Cl. The van der Waals surface area contributed by atoms with Gasteiger partial charge >= 0.3 is 0 Å². The van der Waals surface area contributed by atoms with Crippen LogP contribution >= 0.6 is 12.4 Å². The largest absolute Gasteiger partial charge is 0.328 e. The molecular formula is C8H20ClN. The molecule has 2 heteroatoms. The van der Waals surface area contributed by atoms with Gasteiger partial charge in [-0.1, -0.05) is 33.1 Å². The van der Waals surface area contributed by atoms with Crippen LogP contribution < -0.4 is 5.73 Å². The van der Waals surface area contributed by atoms with Crippen LogP contribution in [0.5, 0.6) is 0 Å². The minimum Gasteiger partial charge on any atom is -0.328 e. The Morgan fingerprint density at radius 2 is 1.80 bits per heavy atom. The Kier molecular flexibility index (Phi) is 11.9. The first-order valence-corrected chi connectivity index (χ1v) is 4.06. The molecule has 0 aliphatic carbocycles. The summed E-state index contributed by atoms with van der Waals surface area (Å²) in [6.45, 7) is 4.37. The van der Waals surface area contributed by atoms with E-state index >= 15 is 0 Å². The molecule has 1 atom stereocenters. The van der Waals surface area contributed by atoms with E-state index in [1.807, 2.05) is 0 Å². The lowest BCUT2D eigenvalue weighted by molar-refractivity contribution is 0.547. The fraction of sp³-hybridized carbons (Fsp3) is 1.00. The van der Waals surface area contributed by atoms with Gasteiger partial charge in [0.25, 0.3) is 0 Å². The van der Waals surface area contributed by atoms with Crippen molar-refractivity contribution in [2.24, 2.45) is 5.73 Å². The van der Waals surface area contributed by atoms with Gasteiger partial charge in [0, 0.05) is 6.04 Å². The predicted octanol–water partition coefficient (Wildman–Crippen LogP) is 2.73. The highest BCUT2D eigenvalue weighted by atomic mass is 35.5. The zero-order valence-corrected chi connectivity index (χ0v) is 7.91. The average Bonchev–Trinajstić information content (AvgIpc) is 1.89. The first-order chi connectivity index (χ1) is 4.31. The van der Waals surface area contributed by atoms with Crippen molar-refractivity contribution in [3.05, 3.63) is 0 Å². The van der Waals surface area contributed by atoms with Crippen molar-refractivity contribution in [2.75, 3.05) is 0 Å². The van der Waals surface area contributed by atoms with E-state index < -0.39 is 0 Å². The summed E-state index contributed by atoms with van der Waals surface area (Å²) >= 11 is 0. The van der Waals surface area contributed by atoms with Crippen molar-refractivity contribution in [1.29, 1.82) is 0 Å². The van der Waals surface area contributed by atoms with Gasteiger partial charge in [-0.2, -0.15) is 0 Å². The van der Waals surface area contributed by atoms with E-state index in [-0.39, 0.29) is 12.4 Å². The van der Waals surface area contributed by atoms with Crippen molar-refractivity contribution in [2.45, 2.75) is 52.0 Å². The van der Waals surface area contributed by atoms with Crippen LogP contribution in [0, 0.1) is 0 Å². The van der Waals surface area contributed by atoms with Crippen molar-refractivity contribution < 1.29 is 0 Å². The lowest BCUT2D eigenvalue weighted by atomic mass is 10.1. The number of hydrogen-bond acceptors (Lipinski definition) is 1. The fourth-order valence-corrected chi connectivity index (χ4v) is 0.861. The van der Waals surface area contributed by atoms with E-state index in [4.69, 9.17) is 5.73 Å². The second kappa shape index (κ2) is 9.25. The van der Waals surface area contributed by atoms with Gasteiger partial charge in [0.15, 0.2) is 0 Å². The molecular weight excluding hydrogens is 146 g/mol. The molecule has 0 saturated heterocycles. The molecule has 10 heavy (non-hydrogen) atoms. The van der Waals surface area contributed by atoms with E-state index in [9.17, 15) is 0 Å². The van der Waals surface area contributed by atoms with Crippen LogP contribution in [0.25, 0.3) is 0 Å². The highest BCUT2D eigenvalue weighted by molar-refractivity contribution is 5.85. The van der Waals surface area contributed by atoms with Gasteiger partial charge in [0.05, 0.1) is 0 Å². The van der Waals surface area contributed by atoms with Crippen LogP contribution in [0.4, 0.5) is 0 Å². The van der Waals surface area contributed by atoms with Gasteiger partial charge in [-0.25, -0.2) is 0 Å². The molecule has 0 heterocycles. The van der Waals surface area contributed by atoms with Crippen molar-refractivity contribution in [1.82, 2.24) is 0 Å². The standard InChI is InChI=1S/C8H19N.ClH/c1-3-5-6-7-8(9)4-2;/h8H,3-7,9H2,1-2H3;1H. The summed E-state index contributed by atoms with van der Waals surface area (Å²) in [5.41, 5.74) is 5.71. The highest BCUT2D eigenvalue weighted by Gasteiger charge is 1.95. The highest BCUT2D eigenvalue weighted by Crippen LogP contribution is 2.02. The van der Waals surface area contributed by atoms with Crippen molar-refractivity contribution in [3.63, 3.8) is 0 Å². The molecule has 1 unspecified atom stereocenters. The second-order valence-electron chi connectivity index (χ2n) is 2.66. The Morgan fingerprint density at radius 3 is 2.20 bits per heavy atom. The van der Waals surface area contributed by atoms with Gasteiger partial charge in [0.1, 0.15) is 0 Å². The maximum Gasteiger partial charge on any atom is 0.00362 e. The number of hydrogen-bond donors (Lipinski definition) is 1. The Balaban J connectivity index is 0. The van der Waals surface area contributed by atoms with Crippen LogP contribution in [0.15, 0.2) is 0 Å². The molecule has 0 saturated carbocycles. The predicted molar refractivity (Wildman–Crippen MR) is 49.7 cm³/mol. The quantitative estimate of drug-likeness (QED) is 0.623. The molecule has 64 valence electrons. The normalized spacial score (nSPS) is 12.3. The van der Waals surface area contributed by atoms with Gasteiger partial charge in [0.2, 0.25) is 0 Å². The monoisotopic (exact) mass is 165 g/mol. The molecule has 0 radical (unpaired) electrons. The summed E-state index contributed by atoms with van der Waals surface area (Å²) in [6, 6.07) is 0.455. The molecule has 0 bridgehead atoms. The Morgan fingerprint density at radius 1 is 1.20 bits per heavy atom. The summed E-state index contributed by atoms with van der Waals surface area (Å²) < 4.78 is 0. The van der Waals surface area contributed by atoms with Gasteiger partial charge in [-0.3, -0.25) is 0 Å². The molecule has 0 amide bonds. The molecule has 1 nitrogen and oxygen atoms in total. The van der Waals surface area contributed by atoms with E-state index in [1.165, 1.54) is 25.7 Å². The maximum absolute atomic E-state index is 5.71. The van der Waals surface area contributed by atoms with Crippen LogP contribution in [0.2, 0.25) is 0 Å². The molecule has 0 aromatic heterocycles. The molecule has 0 aromatic carbocycles. The topological polar surface area (TPSA) is 26.0 Å². The van der Waals surface area contributed by atoms with Gasteiger partial charge in [-0.05, 0) is 12.8 Å². The van der Waals surface area contributed by atoms with Crippen LogP contribution in [0.3, 0.4) is 0 Å². The number of unbranched alkanes of at least 4 members (excludes halogenated alkanes) is 2. The average molecular weight is 166 g/mol. The summed E-state index contributed by atoms with van der Waals surface area (Å²) in [5, 5.41) is 0. The van der Waals surface area contributed by atoms with Crippen LogP contribution in [-0.4, -0.2) is 6.04 Å². The van der Waals surface area contributed by atoms with E-state index in [0.717, 1.165) is 6.42 Å². The molecule has 0 rings (SSSR count). The summed E-state index contributed by atoms with van der Waals surface area (Å²) in [7, 11) is 0. The first kappa shape index (κ1) is 12.9. The Hall–Kier alpha value is 0.250. The summed E-state index contributed by atoms with van der Waals surface area (Å²) in [5.74, 6) is 0. The molecule has 0 spiro atoms. The Labute approximate surface area is 70.8 Å². The lowest BCUT2D eigenvalue weighted by Crippen LogP contribution is -2.17. The van der Waals surface area contributed by atoms with Crippen molar-refractivity contribution in [3.8, 4) is 0 Å². The van der Waals surface area contributed by atoms with E-state index in [0.29, 0.717) is 6.04 Å². The minimum absolute atomic E-state index is 0. The smallest absolute Gasteiger partial charge is 0.00362 e. The molecule has 2 N–H and O–H groups in total. The lowest BCUT2D eigenvalue weighted by Gasteiger charge is -2.05.